The maximum Gasteiger partial charge on any atom is 0.410 e. The SMILES string of the molecule is C[C@@H](O)[C@H]1C(=O)N2C(C(=O)OCc3ccc([N+](=O)[O-])cc3)=C(S[C@H]3C[C@@H]([C@@H](O)CC(=O)N4CCN(C(=O)OCc5ccc([N+](=O)[O-])cc5)CC4)N(C(=O)OCc4ccc([N+](=O)[O-])cc4)C3)[C@H](C)[C@H]12. The van der Waals surface area contributed by atoms with Gasteiger partial charge in [0.05, 0.1) is 51.4 Å². The molecule has 3 aromatic carbocycles. The molecule has 3 saturated heterocycles. The predicted molar refractivity (Wildman–Crippen MR) is 237 cm³/mol. The summed E-state index contributed by atoms with van der Waals surface area (Å²) >= 11 is 1.20. The molecule has 0 unspecified atom stereocenters. The number of aliphatic hydroxyl groups excluding tert-OH is 2. The number of amides is 4. The van der Waals surface area contributed by atoms with Crippen LogP contribution in [0.2, 0.25) is 0 Å². The number of nitro benzene ring substituents is 3. The third-order valence-corrected chi connectivity index (χ3v) is 13.9. The second-order valence-electron chi connectivity index (χ2n) is 16.8. The van der Waals surface area contributed by atoms with Gasteiger partial charge in [-0.05, 0) is 66.4 Å². The highest BCUT2D eigenvalue weighted by atomic mass is 32.2. The van der Waals surface area contributed by atoms with E-state index in [0.717, 1.165) is 0 Å². The number of hydrogen-bond acceptors (Lipinski definition) is 17. The third-order valence-electron chi connectivity index (χ3n) is 12.4. The lowest BCUT2D eigenvalue weighted by atomic mass is 9.79. The molecule has 4 amide bonds. The highest BCUT2D eigenvalue weighted by Crippen LogP contribution is 2.52. The average Bonchev–Trinajstić information content (AvgIpc) is 3.86. The highest BCUT2D eigenvalue weighted by molar-refractivity contribution is 8.03. The van der Waals surface area contributed by atoms with E-state index in [4.69, 9.17) is 14.2 Å². The van der Waals surface area contributed by atoms with Crippen LogP contribution in [0, 0.1) is 42.2 Å². The molecule has 24 heteroatoms. The molecule has 68 heavy (non-hydrogen) atoms. The Hall–Kier alpha value is -7.18. The van der Waals surface area contributed by atoms with E-state index in [1.54, 1.807) is 6.92 Å². The molecular weight excluding hydrogens is 915 g/mol. The molecule has 0 saturated carbocycles. The fourth-order valence-corrected chi connectivity index (χ4v) is 10.3. The first-order valence-corrected chi connectivity index (χ1v) is 22.4. The van der Waals surface area contributed by atoms with Gasteiger partial charge in [-0.25, -0.2) is 14.4 Å². The average molecular weight is 962 g/mol. The number of fused-ring (bicyclic) bond motifs is 1. The van der Waals surface area contributed by atoms with Crippen molar-refractivity contribution in [3.8, 4) is 0 Å². The molecule has 7 atom stereocenters. The molecule has 2 N–H and O–H groups in total. The molecule has 0 aromatic heterocycles. The summed E-state index contributed by atoms with van der Waals surface area (Å²) in [5, 5.41) is 55.0. The number of rotatable bonds is 16. The number of β-lactam (4-membered cyclic amide) rings is 1. The number of carbonyl (C=O) groups excluding carboxylic acids is 5. The number of esters is 1. The van der Waals surface area contributed by atoms with Crippen molar-refractivity contribution in [2.75, 3.05) is 32.7 Å². The number of thioether (sulfide) groups is 1. The van der Waals surface area contributed by atoms with Crippen LogP contribution in [0.25, 0.3) is 0 Å². The van der Waals surface area contributed by atoms with Crippen molar-refractivity contribution in [3.63, 3.8) is 0 Å². The molecule has 4 heterocycles. The minimum absolute atomic E-state index is 0.0415. The van der Waals surface area contributed by atoms with E-state index >= 15 is 0 Å². The zero-order valence-electron chi connectivity index (χ0n) is 36.7. The maximum absolute atomic E-state index is 13.9. The first kappa shape index (κ1) is 48.7. The van der Waals surface area contributed by atoms with Crippen molar-refractivity contribution in [2.24, 2.45) is 11.8 Å². The lowest BCUT2D eigenvalue weighted by Crippen LogP contribution is -2.63. The van der Waals surface area contributed by atoms with Gasteiger partial charge in [0.1, 0.15) is 25.5 Å². The monoisotopic (exact) mass is 961 g/mol. The number of aliphatic hydroxyl groups is 2. The number of benzene rings is 3. The Bertz CT molecular complexity index is 2480. The minimum Gasteiger partial charge on any atom is -0.456 e. The molecular formula is C44H47N7O16S. The Morgan fingerprint density at radius 1 is 0.721 bits per heavy atom. The van der Waals surface area contributed by atoms with Crippen LogP contribution in [0.4, 0.5) is 26.7 Å². The van der Waals surface area contributed by atoms with Gasteiger partial charge in [0.15, 0.2) is 0 Å². The zero-order valence-corrected chi connectivity index (χ0v) is 37.5. The zero-order chi connectivity index (χ0) is 49.0. The van der Waals surface area contributed by atoms with E-state index in [-0.39, 0.29) is 81.7 Å². The number of carbonyl (C=O) groups is 5. The summed E-state index contributed by atoms with van der Waals surface area (Å²) < 4.78 is 16.6. The summed E-state index contributed by atoms with van der Waals surface area (Å²) in [7, 11) is 0. The van der Waals surface area contributed by atoms with Crippen molar-refractivity contribution in [2.45, 2.75) is 76.1 Å². The number of ether oxygens (including phenoxy) is 3. The number of non-ortho nitro benzene ring substituents is 3. The van der Waals surface area contributed by atoms with Crippen LogP contribution < -0.4 is 0 Å². The summed E-state index contributed by atoms with van der Waals surface area (Å²) in [6.07, 6.45) is -4.28. The number of nitrogens with zero attached hydrogens (tertiary/aromatic N) is 7. The predicted octanol–water partition coefficient (Wildman–Crippen LogP) is 4.27. The lowest BCUT2D eigenvalue weighted by Gasteiger charge is -2.46. The standard InChI is InChI=1S/C44H47N7O16S/c1-25-38-37(26(2)52)41(55)48(38)39(42(56)65-22-27-3-9-30(10-4-27)49(59)60)40(25)68-33-19-34(47(21-33)44(58)67-24-29-7-13-32(14-8-29)51(63)64)35(53)20-36(54)45-15-17-46(18-16-45)43(57)66-23-28-5-11-31(12-6-28)50(61)62/h3-14,25-26,33-35,37-38,52-53H,15-24H2,1-2H3/t25-,26-,33+,34+,35+,37-,38-/m1/s1. The van der Waals surface area contributed by atoms with Crippen molar-refractivity contribution in [1.29, 1.82) is 0 Å². The first-order valence-electron chi connectivity index (χ1n) is 21.5. The molecule has 4 aliphatic heterocycles. The normalized spacial score (nSPS) is 21.9. The van der Waals surface area contributed by atoms with E-state index in [1.807, 2.05) is 0 Å². The van der Waals surface area contributed by atoms with Crippen LogP contribution in [0.15, 0.2) is 83.4 Å². The van der Waals surface area contributed by atoms with Crippen molar-refractivity contribution in [1.82, 2.24) is 19.6 Å². The number of likely N-dealkylation sites (tertiary alicyclic amines) is 1. The summed E-state index contributed by atoms with van der Waals surface area (Å²) in [6, 6.07) is 14.7. The second-order valence-corrected chi connectivity index (χ2v) is 18.1. The quantitative estimate of drug-likeness (QED) is 0.0666. The van der Waals surface area contributed by atoms with Crippen molar-refractivity contribution >= 4 is 58.8 Å². The second kappa shape index (κ2) is 20.8. The van der Waals surface area contributed by atoms with Gasteiger partial charge >= 0.3 is 18.2 Å². The molecule has 0 spiro atoms. The minimum atomic E-state index is -1.42. The fraction of sp³-hybridized carbons (Fsp3) is 0.432. The lowest BCUT2D eigenvalue weighted by molar-refractivity contribution is -0.385. The van der Waals surface area contributed by atoms with Gasteiger partial charge in [-0.2, -0.15) is 0 Å². The van der Waals surface area contributed by atoms with Gasteiger partial charge in [-0.1, -0.05) is 6.92 Å². The van der Waals surface area contributed by atoms with Crippen molar-refractivity contribution < 1.29 is 63.2 Å². The Morgan fingerprint density at radius 3 is 1.65 bits per heavy atom. The third kappa shape index (κ3) is 10.7. The van der Waals surface area contributed by atoms with Crippen LogP contribution in [0.5, 0.6) is 0 Å². The number of hydrogen-bond donors (Lipinski definition) is 2. The largest absolute Gasteiger partial charge is 0.456 e. The molecule has 3 aromatic rings. The van der Waals surface area contributed by atoms with E-state index in [0.29, 0.717) is 21.6 Å². The topological polar surface area (TPSA) is 296 Å². The van der Waals surface area contributed by atoms with Crippen molar-refractivity contribution in [3.05, 3.63) is 130 Å². The smallest absolute Gasteiger partial charge is 0.410 e. The highest BCUT2D eigenvalue weighted by Gasteiger charge is 2.60. The maximum atomic E-state index is 13.9. The van der Waals surface area contributed by atoms with E-state index in [2.05, 4.69) is 0 Å². The summed E-state index contributed by atoms with van der Waals surface area (Å²) in [4.78, 5) is 105. The molecule has 23 nitrogen and oxygen atoms in total. The van der Waals surface area contributed by atoms with Gasteiger partial charge in [0, 0.05) is 85.2 Å². The fourth-order valence-electron chi connectivity index (χ4n) is 8.74. The van der Waals surface area contributed by atoms with E-state index < -0.39 is 92.5 Å². The number of nitro groups is 3. The molecule has 0 aliphatic carbocycles. The summed E-state index contributed by atoms with van der Waals surface area (Å²) in [6.45, 7) is 3.02. The van der Waals surface area contributed by atoms with Crippen LogP contribution in [-0.4, -0.2) is 137 Å². The first-order chi connectivity index (χ1) is 32.4. The van der Waals surface area contributed by atoms with Crippen LogP contribution in [0.3, 0.4) is 0 Å². The van der Waals surface area contributed by atoms with Gasteiger partial charge < -0.3 is 44.0 Å². The molecule has 4 aliphatic rings. The number of piperazine rings is 1. The molecule has 0 radical (unpaired) electrons. The van der Waals surface area contributed by atoms with Gasteiger partial charge in [0.25, 0.3) is 17.1 Å². The molecule has 7 rings (SSSR count). The van der Waals surface area contributed by atoms with E-state index in [9.17, 15) is 64.5 Å². The molecule has 0 bridgehead atoms. The molecule has 3 fully saturated rings. The van der Waals surface area contributed by atoms with Gasteiger partial charge in [-0.3, -0.25) is 39.9 Å². The van der Waals surface area contributed by atoms with E-state index in [1.165, 1.54) is 111 Å². The van der Waals surface area contributed by atoms with Gasteiger partial charge in [0.2, 0.25) is 11.8 Å². The Morgan fingerprint density at radius 2 is 1.18 bits per heavy atom. The Balaban J connectivity index is 1.04. The van der Waals surface area contributed by atoms with Crippen LogP contribution in [0.1, 0.15) is 43.4 Å². The van der Waals surface area contributed by atoms with Crippen LogP contribution >= 0.6 is 11.8 Å². The Labute approximate surface area is 391 Å². The van der Waals surface area contributed by atoms with Gasteiger partial charge in [-0.15, -0.1) is 11.8 Å². The van der Waals surface area contributed by atoms with Crippen LogP contribution in [-0.2, 0) is 48.4 Å². The summed E-state index contributed by atoms with van der Waals surface area (Å²) in [5.41, 5.74) is 0.968. The summed E-state index contributed by atoms with van der Waals surface area (Å²) in [5.74, 6) is -3.08. The molecule has 360 valence electrons. The Kier molecular flexibility index (Phi) is 14.9.